The van der Waals surface area contributed by atoms with Crippen LogP contribution in [-0.4, -0.2) is 74.9 Å². The molecule has 0 radical (unpaired) electrons. The number of phosphoric ester groups is 1. The maximum atomic E-state index is 12.8. The van der Waals surface area contributed by atoms with Gasteiger partial charge in [0.05, 0.1) is 27.7 Å². The fourth-order valence-electron chi connectivity index (χ4n) is 8.74. The van der Waals surface area contributed by atoms with Crippen molar-refractivity contribution in [1.29, 1.82) is 0 Å². The van der Waals surface area contributed by atoms with Crippen molar-refractivity contribution in [3.8, 4) is 0 Å². The number of carbonyl (C=O) groups excluding carboxylic acids is 2. The number of phosphoric acid groups is 1. The third kappa shape index (κ3) is 62.1. The van der Waals surface area contributed by atoms with Crippen molar-refractivity contribution in [2.75, 3.05) is 47.5 Å². The van der Waals surface area contributed by atoms with E-state index in [0.29, 0.717) is 17.4 Å². The smallest absolute Gasteiger partial charge is 0.462 e. The van der Waals surface area contributed by atoms with E-state index in [1.165, 1.54) is 154 Å². The highest BCUT2D eigenvalue weighted by Crippen LogP contribution is 2.43. The maximum Gasteiger partial charge on any atom is 0.472 e. The van der Waals surface area contributed by atoms with E-state index in [1.807, 2.05) is 21.1 Å². The summed E-state index contributed by atoms with van der Waals surface area (Å²) in [6, 6.07) is 0. The second kappa shape index (κ2) is 58.6. The third-order valence-corrected chi connectivity index (χ3v) is 14.6. The second-order valence-corrected chi connectivity index (χ2v) is 23.9. The molecule has 0 saturated heterocycles. The monoisotopic (exact) mass is 1110 g/mol. The van der Waals surface area contributed by atoms with Gasteiger partial charge in [-0.2, -0.15) is 0 Å². The molecule has 10 heteroatoms. The molecule has 0 bridgehead atoms. The van der Waals surface area contributed by atoms with Crippen molar-refractivity contribution in [1.82, 2.24) is 0 Å². The minimum absolute atomic E-state index is 0.0193. The first-order valence-electron chi connectivity index (χ1n) is 32.0. The molecule has 450 valence electrons. The first kappa shape index (κ1) is 74.9. The van der Waals surface area contributed by atoms with E-state index in [2.05, 4.69) is 111 Å². The SMILES string of the molecule is CC/C=C\C/C=C\C/C=C\C/C=C\C/C=C\C/C=C\C/C=C\C/C=C\CCCCC(=O)OC(COC(=O)CCCCCCCCCCCCCCCCCCCCCCCCCCCCC)COP(=O)(O)OCC[N+](C)(C)C. The summed E-state index contributed by atoms with van der Waals surface area (Å²) in [5.41, 5.74) is 0. The van der Waals surface area contributed by atoms with Crippen molar-refractivity contribution < 1.29 is 42.1 Å². The van der Waals surface area contributed by atoms with Gasteiger partial charge in [0.25, 0.3) is 0 Å². The number of carbonyl (C=O) groups is 2. The zero-order valence-electron chi connectivity index (χ0n) is 51.1. The highest BCUT2D eigenvalue weighted by Gasteiger charge is 2.27. The van der Waals surface area contributed by atoms with Crippen LogP contribution < -0.4 is 0 Å². The first-order chi connectivity index (χ1) is 38.0. The van der Waals surface area contributed by atoms with E-state index in [4.69, 9.17) is 18.5 Å². The number of unbranched alkanes of at least 4 members (excludes halogenated alkanes) is 28. The molecular formula is C68H121NO8P+. The lowest BCUT2D eigenvalue weighted by Gasteiger charge is -2.24. The Labute approximate surface area is 481 Å². The van der Waals surface area contributed by atoms with Crippen LogP contribution in [0.2, 0.25) is 0 Å². The van der Waals surface area contributed by atoms with Crippen molar-refractivity contribution in [2.24, 2.45) is 0 Å². The molecule has 0 aliphatic heterocycles. The van der Waals surface area contributed by atoms with Crippen molar-refractivity contribution >= 4 is 19.8 Å². The lowest BCUT2D eigenvalue weighted by molar-refractivity contribution is -0.870. The normalized spacial score (nSPS) is 13.9. The van der Waals surface area contributed by atoms with Crippen LogP contribution in [0.1, 0.15) is 271 Å². The molecule has 0 aliphatic rings. The average Bonchev–Trinajstić information content (AvgIpc) is 3.41. The summed E-state index contributed by atoms with van der Waals surface area (Å²) in [5, 5.41) is 0. The second-order valence-electron chi connectivity index (χ2n) is 22.4. The van der Waals surface area contributed by atoms with Crippen LogP contribution in [0.3, 0.4) is 0 Å². The Balaban J connectivity index is 4.19. The van der Waals surface area contributed by atoms with Gasteiger partial charge in [-0.05, 0) is 77.0 Å². The summed E-state index contributed by atoms with van der Waals surface area (Å²) in [7, 11) is 1.44. The van der Waals surface area contributed by atoms with Gasteiger partial charge in [-0.1, -0.05) is 278 Å². The number of rotatable bonds is 58. The largest absolute Gasteiger partial charge is 0.472 e. The summed E-state index contributed by atoms with van der Waals surface area (Å²) in [4.78, 5) is 35.8. The summed E-state index contributed by atoms with van der Waals surface area (Å²) >= 11 is 0. The molecule has 0 aliphatic carbocycles. The summed E-state index contributed by atoms with van der Waals surface area (Å²) in [6.45, 7) is 4.29. The lowest BCUT2D eigenvalue weighted by atomic mass is 10.0. The van der Waals surface area contributed by atoms with Crippen LogP contribution in [0.4, 0.5) is 0 Å². The Bertz CT molecular complexity index is 1640. The van der Waals surface area contributed by atoms with Crippen LogP contribution in [0.25, 0.3) is 0 Å². The van der Waals surface area contributed by atoms with E-state index >= 15 is 0 Å². The fourth-order valence-corrected chi connectivity index (χ4v) is 9.48. The number of esters is 2. The molecule has 0 amide bonds. The number of quaternary nitrogens is 1. The summed E-state index contributed by atoms with van der Waals surface area (Å²) in [5.74, 6) is -0.845. The molecule has 0 aromatic carbocycles. The van der Waals surface area contributed by atoms with Gasteiger partial charge in [0.1, 0.15) is 19.8 Å². The highest BCUT2D eigenvalue weighted by atomic mass is 31.2. The molecule has 78 heavy (non-hydrogen) atoms. The van der Waals surface area contributed by atoms with Gasteiger partial charge in [0.2, 0.25) is 0 Å². The minimum atomic E-state index is -4.41. The molecule has 9 nitrogen and oxygen atoms in total. The van der Waals surface area contributed by atoms with E-state index < -0.39 is 26.5 Å². The van der Waals surface area contributed by atoms with Crippen LogP contribution >= 0.6 is 7.82 Å². The zero-order valence-corrected chi connectivity index (χ0v) is 52.0. The van der Waals surface area contributed by atoms with E-state index in [1.54, 1.807) is 0 Å². The topological polar surface area (TPSA) is 108 Å². The molecule has 2 unspecified atom stereocenters. The molecular weight excluding hydrogens is 990 g/mol. The summed E-state index contributed by atoms with van der Waals surface area (Å²) < 4.78 is 34.6. The molecule has 2 atom stereocenters. The molecule has 0 fully saturated rings. The number of nitrogens with zero attached hydrogens (tertiary/aromatic N) is 1. The molecule has 0 aromatic heterocycles. The van der Waals surface area contributed by atoms with Crippen LogP contribution in [0.5, 0.6) is 0 Å². The minimum Gasteiger partial charge on any atom is -0.462 e. The molecule has 0 aromatic rings. The third-order valence-electron chi connectivity index (χ3n) is 13.6. The maximum absolute atomic E-state index is 12.8. The van der Waals surface area contributed by atoms with Gasteiger partial charge in [-0.25, -0.2) is 4.57 Å². The van der Waals surface area contributed by atoms with Crippen molar-refractivity contribution in [2.45, 2.75) is 277 Å². The number of likely N-dealkylation sites (N-methyl/N-ethyl adjacent to an activating group) is 1. The Morgan fingerprint density at radius 2 is 0.731 bits per heavy atom. The summed E-state index contributed by atoms with van der Waals surface area (Å²) in [6.07, 6.45) is 80.7. The molecule has 0 heterocycles. The van der Waals surface area contributed by atoms with E-state index in [-0.39, 0.29) is 32.0 Å². The van der Waals surface area contributed by atoms with E-state index in [0.717, 1.165) is 83.5 Å². The Hall–Kier alpha value is -3.07. The Kier molecular flexibility index (Phi) is 56.3. The van der Waals surface area contributed by atoms with Crippen LogP contribution in [0, 0.1) is 0 Å². The standard InChI is InChI=1S/C68H120NO8P/c1-6-8-10-12-14-16-18-20-22-24-26-28-30-32-34-36-38-40-42-44-46-48-50-52-54-56-58-60-67(70)74-64-66(65-76-78(72,73)75-63-62-69(3,4)5)77-68(71)61-59-57-55-53-51-49-47-45-43-41-39-37-35-33-31-29-27-25-23-21-19-17-15-13-11-9-7-2/h9,11,15,17,21,23,27,29,33,35,39,41,45,47,51,53,66H,6-8,10,12-14,16,18-20,22,24-26,28,30-32,34,36-38,40,42-44,46,48-50,52,54-65H2,1-5H3/p+1/b11-9-,17-15-,23-21-,29-27-,35-33-,41-39-,47-45-,53-51-. The molecule has 0 rings (SSSR count). The van der Waals surface area contributed by atoms with Crippen LogP contribution in [0.15, 0.2) is 97.2 Å². The van der Waals surface area contributed by atoms with Crippen molar-refractivity contribution in [3.63, 3.8) is 0 Å². The number of ether oxygens (including phenoxy) is 2. The first-order valence-corrected chi connectivity index (χ1v) is 33.5. The van der Waals surface area contributed by atoms with Gasteiger partial charge < -0.3 is 18.9 Å². The number of hydrogen-bond donors (Lipinski definition) is 1. The van der Waals surface area contributed by atoms with Gasteiger partial charge in [-0.3, -0.25) is 18.6 Å². The van der Waals surface area contributed by atoms with Gasteiger partial charge >= 0.3 is 19.8 Å². The fraction of sp³-hybridized carbons (Fsp3) is 0.735. The predicted octanol–water partition coefficient (Wildman–Crippen LogP) is 20.4. The lowest BCUT2D eigenvalue weighted by Crippen LogP contribution is -2.37. The van der Waals surface area contributed by atoms with Gasteiger partial charge in [-0.15, -0.1) is 0 Å². The zero-order chi connectivity index (χ0) is 57.0. The Morgan fingerprint density at radius 1 is 0.410 bits per heavy atom. The number of allylic oxidation sites excluding steroid dienone is 16. The molecule has 0 saturated carbocycles. The average molecular weight is 1110 g/mol. The number of hydrogen-bond acceptors (Lipinski definition) is 7. The van der Waals surface area contributed by atoms with Crippen molar-refractivity contribution in [3.05, 3.63) is 97.2 Å². The quantitative estimate of drug-likeness (QED) is 0.0211. The van der Waals surface area contributed by atoms with E-state index in [9.17, 15) is 19.0 Å². The molecule has 0 spiro atoms. The van der Waals surface area contributed by atoms with Crippen LogP contribution in [-0.2, 0) is 32.7 Å². The molecule has 1 N–H and O–H groups in total. The van der Waals surface area contributed by atoms with Gasteiger partial charge in [0, 0.05) is 12.8 Å². The predicted molar refractivity (Wildman–Crippen MR) is 335 cm³/mol. The van der Waals surface area contributed by atoms with Gasteiger partial charge in [0.15, 0.2) is 6.10 Å². The Morgan fingerprint density at radius 3 is 1.09 bits per heavy atom. The highest BCUT2D eigenvalue weighted by molar-refractivity contribution is 7.47.